The lowest BCUT2D eigenvalue weighted by atomic mass is 10.3. The molecule has 1 aromatic rings. The summed E-state index contributed by atoms with van der Waals surface area (Å²) in [5, 5.41) is 0. The highest BCUT2D eigenvalue weighted by Crippen LogP contribution is 1.95. The number of nitrogens with zero attached hydrogens (tertiary/aromatic N) is 2. The van der Waals surface area contributed by atoms with Crippen LogP contribution in [0.5, 0.6) is 0 Å². The second-order valence-corrected chi connectivity index (χ2v) is 4.31. The van der Waals surface area contributed by atoms with E-state index in [4.69, 9.17) is 4.74 Å². The van der Waals surface area contributed by atoms with E-state index in [0.29, 0.717) is 19.7 Å². The van der Waals surface area contributed by atoms with E-state index in [2.05, 4.69) is 6.92 Å². The molecule has 0 atom stereocenters. The van der Waals surface area contributed by atoms with Gasteiger partial charge in [0.05, 0.1) is 13.2 Å². The Hall–Kier alpha value is -1.62. The maximum Gasteiger partial charge on any atom is 0.320 e. The van der Waals surface area contributed by atoms with Crippen LogP contribution in [-0.2, 0) is 16.1 Å². The SMILES string of the molecule is CCCN(CCn1ccccc1=O)CC(=O)OCC. The van der Waals surface area contributed by atoms with Crippen molar-refractivity contribution in [3.05, 3.63) is 34.7 Å². The van der Waals surface area contributed by atoms with Gasteiger partial charge in [-0.1, -0.05) is 13.0 Å². The van der Waals surface area contributed by atoms with E-state index in [1.165, 1.54) is 6.07 Å². The topological polar surface area (TPSA) is 51.5 Å². The predicted molar refractivity (Wildman–Crippen MR) is 74.1 cm³/mol. The van der Waals surface area contributed by atoms with Gasteiger partial charge in [-0.3, -0.25) is 14.5 Å². The molecule has 19 heavy (non-hydrogen) atoms. The van der Waals surface area contributed by atoms with E-state index in [-0.39, 0.29) is 18.1 Å². The molecule has 0 saturated heterocycles. The quantitative estimate of drug-likeness (QED) is 0.662. The van der Waals surface area contributed by atoms with E-state index in [1.54, 1.807) is 23.8 Å². The third kappa shape index (κ3) is 5.70. The minimum Gasteiger partial charge on any atom is -0.465 e. The van der Waals surface area contributed by atoms with Crippen LogP contribution in [0.1, 0.15) is 20.3 Å². The first-order valence-electron chi connectivity index (χ1n) is 6.70. The molecule has 0 fully saturated rings. The zero-order valence-electron chi connectivity index (χ0n) is 11.7. The Bertz CT molecular complexity index is 442. The molecule has 0 bridgehead atoms. The summed E-state index contributed by atoms with van der Waals surface area (Å²) >= 11 is 0. The molecule has 0 spiro atoms. The molecule has 0 aromatic carbocycles. The van der Waals surface area contributed by atoms with Crippen LogP contribution in [-0.4, -0.2) is 41.7 Å². The molecule has 106 valence electrons. The van der Waals surface area contributed by atoms with Crippen LogP contribution < -0.4 is 5.56 Å². The van der Waals surface area contributed by atoms with Gasteiger partial charge in [0, 0.05) is 25.4 Å². The standard InChI is InChI=1S/C14H22N2O3/c1-3-8-15(12-14(18)19-4-2)10-11-16-9-6-5-7-13(16)17/h5-7,9H,3-4,8,10-12H2,1-2H3. The van der Waals surface area contributed by atoms with Gasteiger partial charge in [0.2, 0.25) is 0 Å². The Kier molecular flexibility index (Phi) is 6.89. The Labute approximate surface area is 113 Å². The smallest absolute Gasteiger partial charge is 0.320 e. The Balaban J connectivity index is 2.52. The summed E-state index contributed by atoms with van der Waals surface area (Å²) in [6.45, 7) is 6.61. The van der Waals surface area contributed by atoms with Gasteiger partial charge in [0.1, 0.15) is 0 Å². The van der Waals surface area contributed by atoms with Crippen LogP contribution in [0.15, 0.2) is 29.2 Å². The molecule has 1 rings (SSSR count). The maximum atomic E-state index is 11.6. The lowest BCUT2D eigenvalue weighted by Crippen LogP contribution is -2.35. The van der Waals surface area contributed by atoms with Crippen molar-refractivity contribution >= 4 is 5.97 Å². The minimum absolute atomic E-state index is 0.0184. The van der Waals surface area contributed by atoms with E-state index in [1.807, 2.05) is 11.0 Å². The lowest BCUT2D eigenvalue weighted by molar-refractivity contribution is -0.144. The van der Waals surface area contributed by atoms with Crippen molar-refractivity contribution in [1.29, 1.82) is 0 Å². The number of hydrogen-bond acceptors (Lipinski definition) is 4. The summed E-state index contributed by atoms with van der Waals surface area (Å²) in [5.74, 6) is -0.212. The molecule has 0 aliphatic rings. The zero-order valence-corrected chi connectivity index (χ0v) is 11.7. The first kappa shape index (κ1) is 15.4. The van der Waals surface area contributed by atoms with Crippen molar-refractivity contribution in [2.24, 2.45) is 0 Å². The summed E-state index contributed by atoms with van der Waals surface area (Å²) in [5.41, 5.74) is -0.0184. The maximum absolute atomic E-state index is 11.6. The van der Waals surface area contributed by atoms with Crippen molar-refractivity contribution in [3.63, 3.8) is 0 Å². The van der Waals surface area contributed by atoms with Gasteiger partial charge in [0.15, 0.2) is 0 Å². The average Bonchev–Trinajstić information content (AvgIpc) is 2.38. The van der Waals surface area contributed by atoms with Gasteiger partial charge in [-0.15, -0.1) is 0 Å². The van der Waals surface area contributed by atoms with Gasteiger partial charge >= 0.3 is 5.97 Å². The molecule has 5 heteroatoms. The highest BCUT2D eigenvalue weighted by Gasteiger charge is 2.10. The Morgan fingerprint density at radius 2 is 2.11 bits per heavy atom. The minimum atomic E-state index is -0.212. The number of hydrogen-bond donors (Lipinski definition) is 0. The summed E-state index contributed by atoms with van der Waals surface area (Å²) < 4.78 is 6.59. The second-order valence-electron chi connectivity index (χ2n) is 4.31. The predicted octanol–water partition coefficient (Wildman–Crippen LogP) is 1.12. The van der Waals surface area contributed by atoms with Gasteiger partial charge in [0.25, 0.3) is 5.56 Å². The van der Waals surface area contributed by atoms with Crippen LogP contribution >= 0.6 is 0 Å². The number of carbonyl (C=O) groups excluding carboxylic acids is 1. The molecule has 0 radical (unpaired) electrons. The third-order valence-corrected chi connectivity index (χ3v) is 2.75. The first-order valence-corrected chi connectivity index (χ1v) is 6.70. The van der Waals surface area contributed by atoms with Crippen LogP contribution in [0.25, 0.3) is 0 Å². The Morgan fingerprint density at radius 1 is 1.32 bits per heavy atom. The van der Waals surface area contributed by atoms with Gasteiger partial charge in [-0.2, -0.15) is 0 Å². The van der Waals surface area contributed by atoms with E-state index >= 15 is 0 Å². The van der Waals surface area contributed by atoms with E-state index in [9.17, 15) is 9.59 Å². The van der Waals surface area contributed by atoms with Crippen molar-refractivity contribution < 1.29 is 9.53 Å². The second kappa shape index (κ2) is 8.48. The number of carbonyl (C=O) groups is 1. The number of pyridine rings is 1. The molecular weight excluding hydrogens is 244 g/mol. The van der Waals surface area contributed by atoms with Crippen LogP contribution in [0, 0.1) is 0 Å². The monoisotopic (exact) mass is 266 g/mol. The molecule has 0 saturated carbocycles. The van der Waals surface area contributed by atoms with Crippen LogP contribution in [0.4, 0.5) is 0 Å². The number of ether oxygens (including phenoxy) is 1. The normalized spacial score (nSPS) is 10.7. The lowest BCUT2D eigenvalue weighted by Gasteiger charge is -2.20. The number of esters is 1. The molecule has 0 unspecified atom stereocenters. The molecule has 1 aromatic heterocycles. The zero-order chi connectivity index (χ0) is 14.1. The molecule has 0 amide bonds. The third-order valence-electron chi connectivity index (χ3n) is 2.75. The van der Waals surface area contributed by atoms with E-state index in [0.717, 1.165) is 13.0 Å². The van der Waals surface area contributed by atoms with Crippen molar-refractivity contribution in [1.82, 2.24) is 9.47 Å². The highest BCUT2D eigenvalue weighted by molar-refractivity contribution is 5.71. The summed E-state index contributed by atoms with van der Waals surface area (Å²) in [6, 6.07) is 5.09. The molecule has 0 N–H and O–H groups in total. The fourth-order valence-electron chi connectivity index (χ4n) is 1.87. The molecule has 5 nitrogen and oxygen atoms in total. The summed E-state index contributed by atoms with van der Waals surface area (Å²) in [4.78, 5) is 25.1. The first-order chi connectivity index (χ1) is 9.17. The number of aromatic nitrogens is 1. The number of rotatable bonds is 8. The van der Waals surface area contributed by atoms with E-state index < -0.39 is 0 Å². The molecular formula is C14H22N2O3. The van der Waals surface area contributed by atoms with Gasteiger partial charge in [-0.25, -0.2) is 0 Å². The molecule has 0 aliphatic heterocycles. The highest BCUT2D eigenvalue weighted by atomic mass is 16.5. The van der Waals surface area contributed by atoms with Crippen molar-refractivity contribution in [2.75, 3.05) is 26.2 Å². The fraction of sp³-hybridized carbons (Fsp3) is 0.571. The summed E-state index contributed by atoms with van der Waals surface area (Å²) in [7, 11) is 0. The van der Waals surface area contributed by atoms with Crippen molar-refractivity contribution in [2.45, 2.75) is 26.8 Å². The fourth-order valence-corrected chi connectivity index (χ4v) is 1.87. The van der Waals surface area contributed by atoms with Gasteiger partial charge < -0.3 is 9.30 Å². The van der Waals surface area contributed by atoms with Crippen molar-refractivity contribution in [3.8, 4) is 0 Å². The largest absolute Gasteiger partial charge is 0.465 e. The average molecular weight is 266 g/mol. The van der Waals surface area contributed by atoms with Crippen LogP contribution in [0.3, 0.4) is 0 Å². The van der Waals surface area contributed by atoms with Crippen LogP contribution in [0.2, 0.25) is 0 Å². The van der Waals surface area contributed by atoms with Gasteiger partial charge in [-0.05, 0) is 26.0 Å². The summed E-state index contributed by atoms with van der Waals surface area (Å²) in [6.07, 6.45) is 2.72. The Morgan fingerprint density at radius 3 is 2.74 bits per heavy atom. The molecule has 0 aliphatic carbocycles. The molecule has 1 heterocycles.